The van der Waals surface area contributed by atoms with Crippen molar-refractivity contribution in [1.29, 1.82) is 5.26 Å². The third-order valence-corrected chi connectivity index (χ3v) is 3.19. The Bertz CT molecular complexity index is 876. The number of non-ortho nitro benzene ring substituents is 1. The van der Waals surface area contributed by atoms with Crippen molar-refractivity contribution in [2.24, 2.45) is 0 Å². The fraction of sp³-hybridized carbons (Fsp3) is 0.176. The zero-order chi connectivity index (χ0) is 18.4. The number of nitriles is 1. The molecule has 0 aliphatic carbocycles. The number of methoxy groups -OCH3 is 1. The maximum Gasteiger partial charge on any atom is 0.349 e. The number of rotatable bonds is 6. The van der Waals surface area contributed by atoms with Crippen LogP contribution in [0.5, 0.6) is 5.75 Å². The lowest BCUT2D eigenvalue weighted by Gasteiger charge is -2.05. The van der Waals surface area contributed by atoms with Crippen molar-refractivity contribution in [3.63, 3.8) is 0 Å². The fourth-order valence-corrected chi connectivity index (χ4v) is 2.06. The van der Waals surface area contributed by atoms with Crippen LogP contribution in [0, 0.1) is 21.4 Å². The van der Waals surface area contributed by atoms with Crippen molar-refractivity contribution in [2.75, 3.05) is 13.7 Å². The lowest BCUT2D eigenvalue weighted by Crippen LogP contribution is -2.05. The minimum atomic E-state index is -0.740. The Morgan fingerprint density at radius 1 is 1.40 bits per heavy atom. The fourth-order valence-electron chi connectivity index (χ4n) is 2.06. The van der Waals surface area contributed by atoms with Crippen molar-refractivity contribution in [3.8, 4) is 23.1 Å². The van der Waals surface area contributed by atoms with Crippen LogP contribution in [0.4, 0.5) is 5.69 Å². The molecule has 1 heterocycles. The van der Waals surface area contributed by atoms with Crippen LogP contribution in [0.1, 0.15) is 12.7 Å². The van der Waals surface area contributed by atoms with Gasteiger partial charge in [-0.2, -0.15) is 5.26 Å². The average molecular weight is 342 g/mol. The number of ether oxygens (including phenoxy) is 2. The molecule has 0 saturated heterocycles. The van der Waals surface area contributed by atoms with E-state index < -0.39 is 10.9 Å². The zero-order valence-electron chi connectivity index (χ0n) is 13.5. The van der Waals surface area contributed by atoms with Gasteiger partial charge in [0.1, 0.15) is 28.9 Å². The summed E-state index contributed by atoms with van der Waals surface area (Å²) in [6.07, 6.45) is 1.26. The topological polar surface area (TPSA) is 116 Å². The van der Waals surface area contributed by atoms with Gasteiger partial charge in [0.05, 0.1) is 30.3 Å². The number of nitrogens with zero attached hydrogens (tertiary/aromatic N) is 2. The number of carbonyl (C=O) groups is 1. The third-order valence-electron chi connectivity index (χ3n) is 3.19. The summed E-state index contributed by atoms with van der Waals surface area (Å²) < 4.78 is 15.5. The van der Waals surface area contributed by atoms with E-state index in [-0.39, 0.29) is 29.4 Å². The summed E-state index contributed by atoms with van der Waals surface area (Å²) in [5.41, 5.74) is 0.196. The summed E-state index contributed by atoms with van der Waals surface area (Å²) >= 11 is 0. The largest absolute Gasteiger partial charge is 0.496 e. The predicted molar refractivity (Wildman–Crippen MR) is 87.6 cm³/mol. The van der Waals surface area contributed by atoms with Gasteiger partial charge in [-0.3, -0.25) is 10.1 Å². The van der Waals surface area contributed by atoms with E-state index in [0.29, 0.717) is 11.3 Å². The van der Waals surface area contributed by atoms with Gasteiger partial charge in [-0.1, -0.05) is 0 Å². The molecule has 2 rings (SSSR count). The standard InChI is InChI=1S/C17H14N2O6/c1-3-24-17(20)11(10-18)8-13-5-7-15(25-13)14-6-4-12(19(21)22)9-16(14)23-2/h4-9H,3H2,1-2H3. The van der Waals surface area contributed by atoms with E-state index in [0.717, 1.165) is 0 Å². The molecular formula is C17H14N2O6. The highest BCUT2D eigenvalue weighted by atomic mass is 16.6. The molecular weight excluding hydrogens is 328 g/mol. The first kappa shape index (κ1) is 17.7. The third kappa shape index (κ3) is 4.03. The van der Waals surface area contributed by atoms with Crippen LogP contribution in [-0.4, -0.2) is 24.6 Å². The summed E-state index contributed by atoms with van der Waals surface area (Å²) in [4.78, 5) is 21.9. The molecule has 0 atom stereocenters. The van der Waals surface area contributed by atoms with Gasteiger partial charge < -0.3 is 13.9 Å². The smallest absolute Gasteiger partial charge is 0.349 e. The molecule has 0 spiro atoms. The second-order valence-electron chi connectivity index (χ2n) is 4.73. The van der Waals surface area contributed by atoms with Crippen molar-refractivity contribution in [1.82, 2.24) is 0 Å². The Morgan fingerprint density at radius 2 is 2.16 bits per heavy atom. The van der Waals surface area contributed by atoms with Crippen molar-refractivity contribution in [2.45, 2.75) is 6.92 Å². The number of hydrogen-bond donors (Lipinski definition) is 0. The molecule has 0 aliphatic rings. The summed E-state index contributed by atoms with van der Waals surface area (Å²) in [6, 6.07) is 9.04. The highest BCUT2D eigenvalue weighted by molar-refractivity contribution is 5.97. The Hall–Kier alpha value is -3.60. The highest BCUT2D eigenvalue weighted by Crippen LogP contribution is 2.34. The Morgan fingerprint density at radius 3 is 2.76 bits per heavy atom. The lowest BCUT2D eigenvalue weighted by molar-refractivity contribution is -0.384. The van der Waals surface area contributed by atoms with Gasteiger partial charge in [0.25, 0.3) is 5.69 Å². The zero-order valence-corrected chi connectivity index (χ0v) is 13.5. The first-order valence-electron chi connectivity index (χ1n) is 7.21. The minimum Gasteiger partial charge on any atom is -0.496 e. The van der Waals surface area contributed by atoms with E-state index in [1.165, 1.54) is 31.4 Å². The number of furan rings is 1. The average Bonchev–Trinajstić information content (AvgIpc) is 3.07. The Kier molecular flexibility index (Phi) is 5.53. The van der Waals surface area contributed by atoms with Crippen LogP contribution >= 0.6 is 0 Å². The molecule has 0 amide bonds. The molecule has 25 heavy (non-hydrogen) atoms. The van der Waals surface area contributed by atoms with Gasteiger partial charge in [0, 0.05) is 12.1 Å². The van der Waals surface area contributed by atoms with E-state index >= 15 is 0 Å². The van der Waals surface area contributed by atoms with E-state index in [1.54, 1.807) is 25.1 Å². The molecule has 0 fully saturated rings. The van der Waals surface area contributed by atoms with Crippen molar-refractivity contribution >= 4 is 17.7 Å². The highest BCUT2D eigenvalue weighted by Gasteiger charge is 2.16. The molecule has 0 bridgehead atoms. The lowest BCUT2D eigenvalue weighted by atomic mass is 10.1. The van der Waals surface area contributed by atoms with E-state index in [9.17, 15) is 14.9 Å². The van der Waals surface area contributed by atoms with Crippen molar-refractivity contribution < 1.29 is 23.6 Å². The summed E-state index contributed by atoms with van der Waals surface area (Å²) in [5.74, 6) is 0.167. The van der Waals surface area contributed by atoms with Crippen molar-refractivity contribution in [3.05, 3.63) is 51.8 Å². The first-order valence-corrected chi connectivity index (χ1v) is 7.21. The van der Waals surface area contributed by atoms with Crippen LogP contribution in [0.25, 0.3) is 17.4 Å². The number of nitro benzene ring substituents is 1. The normalized spacial score (nSPS) is 10.8. The number of esters is 1. The second kappa shape index (κ2) is 7.79. The second-order valence-corrected chi connectivity index (χ2v) is 4.73. The van der Waals surface area contributed by atoms with E-state index in [2.05, 4.69) is 0 Å². The SMILES string of the molecule is CCOC(=O)C(C#N)=Cc1ccc(-c2ccc([N+](=O)[O-])cc2OC)o1. The monoisotopic (exact) mass is 342 g/mol. The number of carbonyl (C=O) groups excluding carboxylic acids is 1. The van der Waals surface area contributed by atoms with Crippen LogP contribution in [0.2, 0.25) is 0 Å². The Balaban J connectivity index is 2.37. The van der Waals surface area contributed by atoms with Crippen LogP contribution < -0.4 is 4.74 Å². The molecule has 128 valence electrons. The summed E-state index contributed by atoms with van der Waals surface area (Å²) in [7, 11) is 1.39. The first-order chi connectivity index (χ1) is 12.0. The summed E-state index contributed by atoms with van der Waals surface area (Å²) in [5, 5.41) is 19.9. The number of nitro groups is 1. The predicted octanol–water partition coefficient (Wildman–Crippen LogP) is 3.33. The van der Waals surface area contributed by atoms with Crippen LogP contribution in [-0.2, 0) is 9.53 Å². The molecule has 0 aliphatic heterocycles. The number of benzene rings is 1. The van der Waals surface area contributed by atoms with Crippen LogP contribution in [0.3, 0.4) is 0 Å². The molecule has 1 aromatic heterocycles. The quantitative estimate of drug-likeness (QED) is 0.260. The molecule has 0 radical (unpaired) electrons. The molecule has 2 aromatic rings. The summed E-state index contributed by atoms with van der Waals surface area (Å²) in [6.45, 7) is 1.79. The molecule has 8 nitrogen and oxygen atoms in total. The van der Waals surface area contributed by atoms with Gasteiger partial charge in [0.15, 0.2) is 0 Å². The maximum absolute atomic E-state index is 11.6. The minimum absolute atomic E-state index is 0.110. The van der Waals surface area contributed by atoms with Gasteiger partial charge >= 0.3 is 5.97 Å². The molecule has 1 aromatic carbocycles. The molecule has 0 saturated carbocycles. The Labute approximate surface area is 143 Å². The van der Waals surface area contributed by atoms with Crippen LogP contribution in [0.15, 0.2) is 40.3 Å². The molecule has 0 N–H and O–H groups in total. The van der Waals surface area contributed by atoms with Gasteiger partial charge in [-0.25, -0.2) is 4.79 Å². The van der Waals surface area contributed by atoms with Gasteiger partial charge in [-0.05, 0) is 25.1 Å². The van der Waals surface area contributed by atoms with E-state index in [4.69, 9.17) is 19.2 Å². The van der Waals surface area contributed by atoms with Gasteiger partial charge in [-0.15, -0.1) is 0 Å². The molecule has 0 unspecified atom stereocenters. The number of hydrogen-bond acceptors (Lipinski definition) is 7. The van der Waals surface area contributed by atoms with Gasteiger partial charge in [0.2, 0.25) is 0 Å². The maximum atomic E-state index is 11.6. The van der Waals surface area contributed by atoms with E-state index in [1.807, 2.05) is 0 Å². The molecule has 8 heteroatoms.